The van der Waals surface area contributed by atoms with Gasteiger partial charge in [0.2, 0.25) is 0 Å². The number of nitrogens with zero attached hydrogens (tertiary/aromatic N) is 1. The second kappa shape index (κ2) is 5.57. The quantitative estimate of drug-likeness (QED) is 0.506. The first-order valence-electron chi connectivity index (χ1n) is 1.55. The van der Waals surface area contributed by atoms with E-state index in [-0.39, 0.29) is 35.6 Å². The van der Waals surface area contributed by atoms with Gasteiger partial charge in [-0.3, -0.25) is 0 Å². The minimum atomic E-state index is 0. The van der Waals surface area contributed by atoms with Gasteiger partial charge < -0.3 is 4.90 Å². The Balaban J connectivity index is 0. The van der Waals surface area contributed by atoms with Crippen LogP contribution < -0.4 is 0 Å². The Hall–Kier alpha value is 1.43. The van der Waals surface area contributed by atoms with Crippen LogP contribution in [0.5, 0.6) is 0 Å². The average Bonchev–Trinajstić information content (AvgIpc) is 1.36. The standard InChI is InChI=1S/C3H7NS2.La/c1-4(2)3(5)6;/h1-2H3,(H,5,6);. The second-order valence-electron chi connectivity index (χ2n) is 1.18. The van der Waals surface area contributed by atoms with Crippen LogP contribution in [0.1, 0.15) is 0 Å². The molecule has 0 fully saturated rings. The van der Waals surface area contributed by atoms with E-state index in [9.17, 15) is 0 Å². The summed E-state index contributed by atoms with van der Waals surface area (Å²) in [7, 11) is 3.71. The van der Waals surface area contributed by atoms with Crippen LogP contribution in [-0.2, 0) is 0 Å². The SMILES string of the molecule is CN(C)C(=S)S.[La]. The molecule has 39 valence electrons. The Bertz CT molecular complexity index is 64.0. The van der Waals surface area contributed by atoms with E-state index in [1.165, 1.54) is 0 Å². The fourth-order valence-corrected chi connectivity index (χ4v) is 0. The summed E-state index contributed by atoms with van der Waals surface area (Å²) in [5, 5.41) is 0. The van der Waals surface area contributed by atoms with Crippen LogP contribution in [0.2, 0.25) is 0 Å². The largest absolute Gasteiger partial charge is 0.364 e. The van der Waals surface area contributed by atoms with Crippen molar-refractivity contribution < 1.29 is 35.6 Å². The maximum Gasteiger partial charge on any atom is 0.132 e. The molecule has 0 N–H and O–H groups in total. The van der Waals surface area contributed by atoms with E-state index in [0.717, 1.165) is 0 Å². The zero-order chi connectivity index (χ0) is 5.15. The second-order valence-corrected chi connectivity index (χ2v) is 2.29. The summed E-state index contributed by atoms with van der Waals surface area (Å²) in [5.41, 5.74) is 0. The van der Waals surface area contributed by atoms with Crippen molar-refractivity contribution in [1.29, 1.82) is 0 Å². The molecule has 7 heavy (non-hydrogen) atoms. The van der Waals surface area contributed by atoms with Crippen molar-refractivity contribution in [3.05, 3.63) is 0 Å². The van der Waals surface area contributed by atoms with Gasteiger partial charge in [-0.1, -0.05) is 12.2 Å². The smallest absolute Gasteiger partial charge is 0.132 e. The van der Waals surface area contributed by atoms with Gasteiger partial charge in [-0.25, -0.2) is 0 Å². The number of hydrogen-bond acceptors (Lipinski definition) is 1. The van der Waals surface area contributed by atoms with Crippen molar-refractivity contribution in [3.63, 3.8) is 0 Å². The summed E-state index contributed by atoms with van der Waals surface area (Å²) < 4.78 is 0.620. The van der Waals surface area contributed by atoms with Gasteiger partial charge >= 0.3 is 0 Å². The molecule has 1 radical (unpaired) electrons. The Morgan fingerprint density at radius 2 is 1.71 bits per heavy atom. The van der Waals surface area contributed by atoms with Crippen LogP contribution in [0.25, 0.3) is 0 Å². The molecule has 0 bridgehead atoms. The summed E-state index contributed by atoms with van der Waals surface area (Å²) >= 11 is 8.46. The first-order valence-corrected chi connectivity index (χ1v) is 2.40. The zero-order valence-electron chi connectivity index (χ0n) is 4.38. The van der Waals surface area contributed by atoms with Crippen LogP contribution in [0.3, 0.4) is 0 Å². The zero-order valence-corrected chi connectivity index (χ0v) is 9.72. The molecule has 4 heteroatoms. The predicted octanol–water partition coefficient (Wildman–Crippen LogP) is 0.763. The van der Waals surface area contributed by atoms with E-state index in [2.05, 4.69) is 24.8 Å². The van der Waals surface area contributed by atoms with Crippen LogP contribution in [0.4, 0.5) is 0 Å². The van der Waals surface area contributed by atoms with E-state index in [1.54, 1.807) is 4.90 Å². The average molecular weight is 260 g/mol. The van der Waals surface area contributed by atoms with Crippen LogP contribution >= 0.6 is 24.8 Å². The topological polar surface area (TPSA) is 3.24 Å². The van der Waals surface area contributed by atoms with E-state index in [0.29, 0.717) is 4.32 Å². The molecule has 0 atom stereocenters. The van der Waals surface area contributed by atoms with Crippen molar-refractivity contribution in [3.8, 4) is 0 Å². The number of rotatable bonds is 0. The Labute approximate surface area is 82.8 Å². The number of thiocarbonyl (C=S) groups is 1. The first-order chi connectivity index (χ1) is 2.64. The van der Waals surface area contributed by atoms with E-state index in [1.807, 2.05) is 14.1 Å². The normalized spacial score (nSPS) is 6.71. The molecular formula is C3H7LaNS2. The fourth-order valence-electron chi connectivity index (χ4n) is 0. The third kappa shape index (κ3) is 7.43. The Kier molecular flexibility index (Phi) is 8.96. The van der Waals surface area contributed by atoms with Crippen LogP contribution in [0, 0.1) is 35.6 Å². The Morgan fingerprint density at radius 1 is 1.57 bits per heavy atom. The summed E-state index contributed by atoms with van der Waals surface area (Å²) in [6.45, 7) is 0. The summed E-state index contributed by atoms with van der Waals surface area (Å²) in [4.78, 5) is 1.76. The molecular weight excluding hydrogens is 253 g/mol. The minimum absolute atomic E-state index is 0. The van der Waals surface area contributed by atoms with E-state index < -0.39 is 0 Å². The first kappa shape index (κ1) is 11.3. The monoisotopic (exact) mass is 260 g/mol. The molecule has 0 aliphatic carbocycles. The Morgan fingerprint density at radius 3 is 1.71 bits per heavy atom. The molecule has 0 amide bonds. The van der Waals surface area contributed by atoms with Gasteiger partial charge in [0.15, 0.2) is 0 Å². The summed E-state index contributed by atoms with van der Waals surface area (Å²) in [5.74, 6) is 0. The van der Waals surface area contributed by atoms with Gasteiger partial charge in [0.05, 0.1) is 0 Å². The molecule has 0 aromatic heterocycles. The van der Waals surface area contributed by atoms with E-state index >= 15 is 0 Å². The predicted molar refractivity (Wildman–Crippen MR) is 35.3 cm³/mol. The van der Waals surface area contributed by atoms with Crippen LogP contribution in [0.15, 0.2) is 0 Å². The summed E-state index contributed by atoms with van der Waals surface area (Å²) in [6.07, 6.45) is 0. The molecule has 0 aromatic carbocycles. The van der Waals surface area contributed by atoms with Gasteiger partial charge in [0.1, 0.15) is 4.32 Å². The third-order valence-corrected chi connectivity index (χ3v) is 1.15. The molecule has 1 nitrogen and oxygen atoms in total. The molecule has 0 saturated carbocycles. The van der Waals surface area contributed by atoms with Crippen molar-refractivity contribution in [1.82, 2.24) is 4.90 Å². The van der Waals surface area contributed by atoms with Crippen LogP contribution in [-0.4, -0.2) is 23.3 Å². The maximum absolute atomic E-state index is 4.61. The van der Waals surface area contributed by atoms with Gasteiger partial charge in [0.25, 0.3) is 0 Å². The minimum Gasteiger partial charge on any atom is -0.364 e. The number of thiol groups is 1. The number of hydrogen-bond donors (Lipinski definition) is 1. The van der Waals surface area contributed by atoms with Gasteiger partial charge in [0, 0.05) is 49.7 Å². The fraction of sp³-hybridized carbons (Fsp3) is 0.667. The van der Waals surface area contributed by atoms with Crippen molar-refractivity contribution in [2.24, 2.45) is 0 Å². The molecule has 0 saturated heterocycles. The molecule has 0 heterocycles. The van der Waals surface area contributed by atoms with E-state index in [4.69, 9.17) is 0 Å². The molecule has 0 unspecified atom stereocenters. The molecule has 0 aromatic rings. The molecule has 0 rings (SSSR count). The molecule has 0 aliphatic heterocycles. The van der Waals surface area contributed by atoms with Gasteiger partial charge in [-0.2, -0.15) is 0 Å². The van der Waals surface area contributed by atoms with Gasteiger partial charge in [-0.15, -0.1) is 12.6 Å². The van der Waals surface area contributed by atoms with Gasteiger partial charge in [-0.05, 0) is 0 Å². The van der Waals surface area contributed by atoms with Crippen molar-refractivity contribution in [2.75, 3.05) is 14.1 Å². The maximum atomic E-state index is 4.61. The summed E-state index contributed by atoms with van der Waals surface area (Å²) in [6, 6.07) is 0. The third-order valence-electron chi connectivity index (χ3n) is 0.383. The van der Waals surface area contributed by atoms with Crippen molar-refractivity contribution >= 4 is 29.2 Å². The molecule has 0 spiro atoms. The molecule has 0 aliphatic rings. The van der Waals surface area contributed by atoms with Crippen molar-refractivity contribution in [2.45, 2.75) is 0 Å².